The predicted molar refractivity (Wildman–Crippen MR) is 138 cm³/mol. The molecule has 0 bridgehead atoms. The van der Waals surface area contributed by atoms with E-state index in [9.17, 15) is 19.2 Å². The third-order valence-corrected chi connectivity index (χ3v) is 6.86. The minimum Gasteiger partial charge on any atom is -0.326 e. The summed E-state index contributed by atoms with van der Waals surface area (Å²) in [7, 11) is 0. The van der Waals surface area contributed by atoms with E-state index in [4.69, 9.17) is 23.2 Å². The Morgan fingerprint density at radius 1 is 0.914 bits per heavy atom. The van der Waals surface area contributed by atoms with Crippen molar-refractivity contribution in [3.63, 3.8) is 0 Å². The average Bonchev–Trinajstić information content (AvgIpc) is 3.08. The second-order valence-corrected chi connectivity index (χ2v) is 9.83. The van der Waals surface area contributed by atoms with Crippen molar-refractivity contribution in [1.82, 2.24) is 0 Å². The van der Waals surface area contributed by atoms with E-state index in [1.54, 1.807) is 60.7 Å². The van der Waals surface area contributed by atoms with Crippen LogP contribution in [-0.4, -0.2) is 28.9 Å². The second-order valence-electron chi connectivity index (χ2n) is 7.71. The lowest BCUT2D eigenvalue weighted by Crippen LogP contribution is -2.31. The van der Waals surface area contributed by atoms with Gasteiger partial charge < -0.3 is 10.6 Å². The molecule has 1 atom stereocenters. The number of rotatable bonds is 6. The standard InChI is InChI=1S/C25H19Cl2N3O4S/c1-14(31)28-16-3-7-18(8-4-16)30-23(32)13-22(25(30)34)35-19-9-5-17(6-10-19)29-24(33)20-11-2-15(26)12-21(20)27/h2-12,22H,13H2,1H3,(H,28,31)(H,29,33). The zero-order valence-electron chi connectivity index (χ0n) is 18.4. The van der Waals surface area contributed by atoms with Gasteiger partial charge in [0.1, 0.15) is 0 Å². The van der Waals surface area contributed by atoms with Gasteiger partial charge in [-0.15, -0.1) is 11.8 Å². The third kappa shape index (κ3) is 5.85. The van der Waals surface area contributed by atoms with Gasteiger partial charge in [-0.25, -0.2) is 4.90 Å². The molecule has 0 aromatic heterocycles. The number of thioether (sulfide) groups is 1. The molecule has 10 heteroatoms. The van der Waals surface area contributed by atoms with Crippen molar-refractivity contribution in [2.24, 2.45) is 0 Å². The number of amides is 4. The Kier molecular flexibility index (Phi) is 7.45. The largest absolute Gasteiger partial charge is 0.326 e. The lowest BCUT2D eigenvalue weighted by atomic mass is 10.2. The number of halogens is 2. The smallest absolute Gasteiger partial charge is 0.257 e. The molecule has 1 unspecified atom stereocenters. The van der Waals surface area contributed by atoms with E-state index >= 15 is 0 Å². The van der Waals surface area contributed by atoms with Crippen molar-refractivity contribution in [2.75, 3.05) is 15.5 Å². The predicted octanol–water partition coefficient (Wildman–Crippen LogP) is 5.63. The van der Waals surface area contributed by atoms with Gasteiger partial charge in [0.05, 0.1) is 21.5 Å². The average molecular weight is 528 g/mol. The van der Waals surface area contributed by atoms with Gasteiger partial charge in [-0.05, 0) is 66.7 Å². The molecular formula is C25H19Cl2N3O4S. The summed E-state index contributed by atoms with van der Waals surface area (Å²) in [6.07, 6.45) is 0.0739. The summed E-state index contributed by atoms with van der Waals surface area (Å²) in [6, 6.07) is 18.1. The van der Waals surface area contributed by atoms with Crippen molar-refractivity contribution in [3.8, 4) is 0 Å². The minimum atomic E-state index is -0.564. The van der Waals surface area contributed by atoms with Crippen LogP contribution in [0.3, 0.4) is 0 Å². The minimum absolute atomic E-state index is 0.0739. The number of carbonyl (C=O) groups excluding carboxylic acids is 4. The molecular weight excluding hydrogens is 509 g/mol. The molecule has 35 heavy (non-hydrogen) atoms. The Balaban J connectivity index is 1.39. The number of anilines is 3. The second kappa shape index (κ2) is 10.5. The highest BCUT2D eigenvalue weighted by atomic mass is 35.5. The molecule has 3 aromatic carbocycles. The van der Waals surface area contributed by atoms with Crippen molar-refractivity contribution in [3.05, 3.63) is 82.3 Å². The maximum absolute atomic E-state index is 12.9. The van der Waals surface area contributed by atoms with Gasteiger partial charge in [-0.1, -0.05) is 23.2 Å². The monoisotopic (exact) mass is 527 g/mol. The molecule has 4 amide bonds. The highest BCUT2D eigenvalue weighted by molar-refractivity contribution is 8.00. The summed E-state index contributed by atoms with van der Waals surface area (Å²) in [5.41, 5.74) is 1.89. The Morgan fingerprint density at radius 3 is 2.17 bits per heavy atom. The van der Waals surface area contributed by atoms with E-state index in [2.05, 4.69) is 10.6 Å². The first kappa shape index (κ1) is 24.8. The van der Waals surface area contributed by atoms with Crippen molar-refractivity contribution in [1.29, 1.82) is 0 Å². The van der Waals surface area contributed by atoms with Crippen LogP contribution in [0.5, 0.6) is 0 Å². The zero-order valence-corrected chi connectivity index (χ0v) is 20.7. The van der Waals surface area contributed by atoms with E-state index < -0.39 is 5.25 Å². The first-order chi connectivity index (χ1) is 16.7. The molecule has 178 valence electrons. The third-order valence-electron chi connectivity index (χ3n) is 5.12. The zero-order chi connectivity index (χ0) is 25.1. The molecule has 1 fully saturated rings. The Labute approximate surface area is 215 Å². The normalized spacial score (nSPS) is 15.3. The maximum atomic E-state index is 12.9. The fourth-order valence-corrected chi connectivity index (χ4v) is 5.07. The van der Waals surface area contributed by atoms with Crippen LogP contribution in [0.15, 0.2) is 71.6 Å². The molecule has 0 saturated carbocycles. The summed E-state index contributed by atoms with van der Waals surface area (Å²) < 4.78 is 0. The van der Waals surface area contributed by atoms with Crippen LogP contribution in [0.25, 0.3) is 0 Å². The maximum Gasteiger partial charge on any atom is 0.257 e. The first-order valence-corrected chi connectivity index (χ1v) is 12.1. The topological polar surface area (TPSA) is 95.6 Å². The number of benzene rings is 3. The van der Waals surface area contributed by atoms with E-state index in [1.165, 1.54) is 29.7 Å². The number of carbonyl (C=O) groups is 4. The molecule has 1 aliphatic rings. The van der Waals surface area contributed by atoms with Crippen LogP contribution in [-0.2, 0) is 14.4 Å². The molecule has 2 N–H and O–H groups in total. The molecule has 3 aromatic rings. The summed E-state index contributed by atoms with van der Waals surface area (Å²) in [6.45, 7) is 1.40. The molecule has 1 aliphatic heterocycles. The first-order valence-electron chi connectivity index (χ1n) is 10.5. The van der Waals surface area contributed by atoms with E-state index in [-0.39, 0.29) is 35.1 Å². The highest BCUT2D eigenvalue weighted by Crippen LogP contribution is 2.35. The van der Waals surface area contributed by atoms with Gasteiger partial charge in [-0.2, -0.15) is 0 Å². The van der Waals surface area contributed by atoms with Crippen LogP contribution in [0.1, 0.15) is 23.7 Å². The van der Waals surface area contributed by atoms with E-state index in [0.29, 0.717) is 27.6 Å². The van der Waals surface area contributed by atoms with Crippen molar-refractivity contribution >= 4 is 75.7 Å². The van der Waals surface area contributed by atoms with Crippen LogP contribution < -0.4 is 15.5 Å². The Hall–Kier alpha value is -3.33. The fourth-order valence-electron chi connectivity index (χ4n) is 3.52. The lowest BCUT2D eigenvalue weighted by Gasteiger charge is -2.15. The number of nitrogens with zero attached hydrogens (tertiary/aromatic N) is 1. The number of hydrogen-bond acceptors (Lipinski definition) is 5. The van der Waals surface area contributed by atoms with Crippen LogP contribution in [0.4, 0.5) is 17.1 Å². The lowest BCUT2D eigenvalue weighted by molar-refractivity contribution is -0.121. The fraction of sp³-hybridized carbons (Fsp3) is 0.120. The van der Waals surface area contributed by atoms with Crippen molar-refractivity contribution < 1.29 is 19.2 Å². The summed E-state index contributed by atoms with van der Waals surface area (Å²) in [5, 5.41) is 5.54. The van der Waals surface area contributed by atoms with Gasteiger partial charge in [0.15, 0.2) is 0 Å². The van der Waals surface area contributed by atoms with Crippen LogP contribution in [0.2, 0.25) is 10.0 Å². The van der Waals surface area contributed by atoms with Crippen LogP contribution >= 0.6 is 35.0 Å². The summed E-state index contributed by atoms with van der Waals surface area (Å²) in [5.74, 6) is -1.17. The van der Waals surface area contributed by atoms with Crippen molar-refractivity contribution in [2.45, 2.75) is 23.5 Å². The Bertz CT molecular complexity index is 1310. The number of hydrogen-bond donors (Lipinski definition) is 2. The van der Waals surface area contributed by atoms with Gasteiger partial charge in [-0.3, -0.25) is 19.2 Å². The molecule has 7 nitrogen and oxygen atoms in total. The summed E-state index contributed by atoms with van der Waals surface area (Å²) >= 11 is 13.2. The van der Waals surface area contributed by atoms with E-state index in [1.807, 2.05) is 0 Å². The number of imide groups is 1. The molecule has 4 rings (SSSR count). The van der Waals surface area contributed by atoms with Gasteiger partial charge in [0, 0.05) is 34.6 Å². The number of nitrogens with one attached hydrogen (secondary N) is 2. The molecule has 1 saturated heterocycles. The summed E-state index contributed by atoms with van der Waals surface area (Å²) in [4.78, 5) is 51.1. The van der Waals surface area contributed by atoms with Gasteiger partial charge in [0.2, 0.25) is 17.7 Å². The molecule has 1 heterocycles. The van der Waals surface area contributed by atoms with E-state index in [0.717, 1.165) is 4.90 Å². The van der Waals surface area contributed by atoms with Gasteiger partial charge in [0.25, 0.3) is 5.91 Å². The SMILES string of the molecule is CC(=O)Nc1ccc(N2C(=O)CC(Sc3ccc(NC(=O)c4ccc(Cl)cc4Cl)cc3)C2=O)cc1. The highest BCUT2D eigenvalue weighted by Gasteiger charge is 2.40. The molecule has 0 spiro atoms. The van der Waals surface area contributed by atoms with Crippen LogP contribution in [0, 0.1) is 0 Å². The van der Waals surface area contributed by atoms with Gasteiger partial charge >= 0.3 is 0 Å². The molecule has 0 aliphatic carbocycles. The quantitative estimate of drug-likeness (QED) is 0.405. The molecule has 0 radical (unpaired) electrons. The Morgan fingerprint density at radius 2 is 1.54 bits per heavy atom.